The van der Waals surface area contributed by atoms with E-state index in [1.54, 1.807) is 11.8 Å². The van der Waals surface area contributed by atoms with E-state index in [0.29, 0.717) is 6.54 Å². The summed E-state index contributed by atoms with van der Waals surface area (Å²) in [6, 6.07) is 11.6. The van der Waals surface area contributed by atoms with Gasteiger partial charge in [-0.05, 0) is 55.5 Å². The number of carbonyl (C=O) groups is 2. The van der Waals surface area contributed by atoms with Crippen molar-refractivity contribution in [1.82, 2.24) is 0 Å². The van der Waals surface area contributed by atoms with E-state index in [0.717, 1.165) is 67.4 Å². The molecule has 0 radical (unpaired) electrons. The van der Waals surface area contributed by atoms with Crippen molar-refractivity contribution in [1.29, 1.82) is 0 Å². The lowest BCUT2D eigenvalue weighted by Gasteiger charge is -2.22. The summed E-state index contributed by atoms with van der Waals surface area (Å²) in [5, 5.41) is 10.3. The fraction of sp³-hybridized carbons (Fsp3) is 0.478. The predicted octanol–water partition coefficient (Wildman–Crippen LogP) is 5.55. The number of rotatable bonds is 12. The van der Waals surface area contributed by atoms with E-state index >= 15 is 0 Å². The number of hydrogen-bond donors (Lipinski definition) is 1. The number of aliphatic hydroxyl groups excluding tert-OH is 1. The van der Waals surface area contributed by atoms with Gasteiger partial charge in [0.05, 0.1) is 11.0 Å². The van der Waals surface area contributed by atoms with Gasteiger partial charge in [0.1, 0.15) is 0 Å². The fourth-order valence-corrected chi connectivity index (χ4v) is 4.13. The number of thiophene rings is 1. The average Bonchev–Trinajstić information content (AvgIpc) is 3.16. The van der Waals surface area contributed by atoms with Gasteiger partial charge in [0.15, 0.2) is 6.29 Å². The second kappa shape index (κ2) is 11.8. The van der Waals surface area contributed by atoms with Crippen LogP contribution in [0, 0.1) is 0 Å². The highest BCUT2D eigenvalue weighted by Crippen LogP contribution is 2.24. The van der Waals surface area contributed by atoms with E-state index in [1.807, 2.05) is 36.4 Å². The Bertz CT molecular complexity index is 739. The molecule has 2 rings (SSSR count). The molecule has 1 N–H and O–H groups in total. The Morgan fingerprint density at radius 3 is 2.46 bits per heavy atom. The van der Waals surface area contributed by atoms with Gasteiger partial charge in [-0.3, -0.25) is 9.59 Å². The van der Waals surface area contributed by atoms with Crippen LogP contribution < -0.4 is 4.90 Å². The van der Waals surface area contributed by atoms with Crippen LogP contribution in [0.5, 0.6) is 0 Å². The quantitative estimate of drug-likeness (QED) is 0.375. The van der Waals surface area contributed by atoms with E-state index in [-0.39, 0.29) is 5.91 Å². The van der Waals surface area contributed by atoms with Crippen LogP contribution in [0.1, 0.15) is 78.6 Å². The van der Waals surface area contributed by atoms with Crippen LogP contribution in [0.2, 0.25) is 0 Å². The molecule has 1 heterocycles. The van der Waals surface area contributed by atoms with E-state index < -0.39 is 6.10 Å². The molecule has 1 amide bonds. The van der Waals surface area contributed by atoms with E-state index in [2.05, 4.69) is 6.92 Å². The molecule has 0 spiro atoms. The Morgan fingerprint density at radius 2 is 1.86 bits per heavy atom. The van der Waals surface area contributed by atoms with Crippen LogP contribution in [0.15, 0.2) is 36.4 Å². The highest BCUT2D eigenvalue weighted by Gasteiger charge is 2.13. The number of anilines is 1. The zero-order valence-corrected chi connectivity index (χ0v) is 17.7. The van der Waals surface area contributed by atoms with Crippen molar-refractivity contribution < 1.29 is 14.7 Å². The number of unbranched alkanes of at least 4 members (excludes halogenated alkanes) is 3. The standard InChI is InChI=1S/C23H31NO3S/c1-3-4-5-9-23(27)19-10-12-20(13-11-19)24(18(2)26)16-7-6-8-21-14-15-22(17-25)28-21/h10-15,17,23,27H,3-9,16H2,1-2H3. The smallest absolute Gasteiger partial charge is 0.223 e. The third-order valence-corrected chi connectivity index (χ3v) is 5.97. The summed E-state index contributed by atoms with van der Waals surface area (Å²) < 4.78 is 0. The molecule has 0 saturated carbocycles. The lowest BCUT2D eigenvalue weighted by atomic mass is 10.0. The Hall–Kier alpha value is -1.98. The lowest BCUT2D eigenvalue weighted by Crippen LogP contribution is -2.29. The van der Waals surface area contributed by atoms with Crippen LogP contribution >= 0.6 is 11.3 Å². The average molecular weight is 402 g/mol. The lowest BCUT2D eigenvalue weighted by molar-refractivity contribution is -0.116. The molecular weight excluding hydrogens is 370 g/mol. The third-order valence-electron chi connectivity index (χ3n) is 4.90. The van der Waals surface area contributed by atoms with Crippen LogP contribution in [0.25, 0.3) is 0 Å². The molecular formula is C23H31NO3S. The van der Waals surface area contributed by atoms with Crippen molar-refractivity contribution in [2.75, 3.05) is 11.4 Å². The predicted molar refractivity (Wildman–Crippen MR) is 116 cm³/mol. The van der Waals surface area contributed by atoms with Gasteiger partial charge < -0.3 is 10.0 Å². The zero-order chi connectivity index (χ0) is 20.4. The van der Waals surface area contributed by atoms with Gasteiger partial charge in [-0.25, -0.2) is 0 Å². The molecule has 1 unspecified atom stereocenters. The van der Waals surface area contributed by atoms with Gasteiger partial charge in [-0.1, -0.05) is 38.3 Å². The van der Waals surface area contributed by atoms with Crippen LogP contribution in [-0.4, -0.2) is 23.8 Å². The number of benzene rings is 1. The van der Waals surface area contributed by atoms with Crippen molar-refractivity contribution in [3.63, 3.8) is 0 Å². The maximum Gasteiger partial charge on any atom is 0.223 e. The second-order valence-electron chi connectivity index (χ2n) is 7.15. The first-order chi connectivity index (χ1) is 13.5. The van der Waals surface area contributed by atoms with Crippen LogP contribution in [0.3, 0.4) is 0 Å². The highest BCUT2D eigenvalue weighted by atomic mass is 32.1. The maximum atomic E-state index is 12.1. The molecule has 28 heavy (non-hydrogen) atoms. The SMILES string of the molecule is CCCCCC(O)c1ccc(N(CCCCc2ccc(C=O)s2)C(C)=O)cc1. The molecule has 2 aromatic rings. The first-order valence-corrected chi connectivity index (χ1v) is 11.0. The number of carbonyl (C=O) groups excluding carboxylic acids is 2. The van der Waals surface area contributed by atoms with Crippen molar-refractivity contribution in [2.24, 2.45) is 0 Å². The first-order valence-electron chi connectivity index (χ1n) is 10.1. The van der Waals surface area contributed by atoms with Crippen molar-refractivity contribution in [3.8, 4) is 0 Å². The van der Waals surface area contributed by atoms with Gasteiger partial charge in [0.2, 0.25) is 5.91 Å². The van der Waals surface area contributed by atoms with Gasteiger partial charge in [0, 0.05) is 24.0 Å². The zero-order valence-electron chi connectivity index (χ0n) is 16.9. The van der Waals surface area contributed by atoms with E-state index in [4.69, 9.17) is 0 Å². The number of nitrogens with zero attached hydrogens (tertiary/aromatic N) is 1. The summed E-state index contributed by atoms with van der Waals surface area (Å²) in [7, 11) is 0. The minimum absolute atomic E-state index is 0.0237. The van der Waals surface area contributed by atoms with Gasteiger partial charge in [0.25, 0.3) is 0 Å². The summed E-state index contributed by atoms with van der Waals surface area (Å²) >= 11 is 1.53. The normalized spacial score (nSPS) is 12.0. The largest absolute Gasteiger partial charge is 0.388 e. The topological polar surface area (TPSA) is 57.6 Å². The second-order valence-corrected chi connectivity index (χ2v) is 8.35. The fourth-order valence-electron chi connectivity index (χ4n) is 3.26. The Balaban J connectivity index is 1.86. The van der Waals surface area contributed by atoms with E-state index in [9.17, 15) is 14.7 Å². The Morgan fingerprint density at radius 1 is 1.11 bits per heavy atom. The molecule has 0 fully saturated rings. The molecule has 1 atom stereocenters. The summed E-state index contributed by atoms with van der Waals surface area (Å²) in [5.41, 5.74) is 1.78. The Kier molecular flexibility index (Phi) is 9.38. The Labute approximate surface area is 172 Å². The first kappa shape index (κ1) is 22.3. The van der Waals surface area contributed by atoms with Crippen molar-refractivity contribution >= 4 is 29.2 Å². The van der Waals surface area contributed by atoms with Gasteiger partial charge in [-0.15, -0.1) is 11.3 Å². The minimum atomic E-state index is -0.437. The number of aliphatic hydroxyl groups is 1. The van der Waals surface area contributed by atoms with Crippen LogP contribution in [-0.2, 0) is 11.2 Å². The number of aryl methyl sites for hydroxylation is 1. The molecule has 0 aliphatic heterocycles. The summed E-state index contributed by atoms with van der Waals surface area (Å²) in [5.74, 6) is 0.0237. The number of aldehydes is 1. The summed E-state index contributed by atoms with van der Waals surface area (Å²) in [6.45, 7) is 4.41. The molecule has 1 aromatic heterocycles. The molecule has 0 bridgehead atoms. The summed E-state index contributed by atoms with van der Waals surface area (Å²) in [6.07, 6.45) is 7.32. The van der Waals surface area contributed by atoms with Crippen LogP contribution in [0.4, 0.5) is 5.69 Å². The van der Waals surface area contributed by atoms with E-state index in [1.165, 1.54) is 16.2 Å². The molecule has 0 aliphatic rings. The van der Waals surface area contributed by atoms with Gasteiger partial charge in [-0.2, -0.15) is 0 Å². The third kappa shape index (κ3) is 6.88. The monoisotopic (exact) mass is 401 g/mol. The molecule has 4 nitrogen and oxygen atoms in total. The summed E-state index contributed by atoms with van der Waals surface area (Å²) in [4.78, 5) is 26.6. The highest BCUT2D eigenvalue weighted by molar-refractivity contribution is 7.13. The molecule has 0 saturated heterocycles. The molecule has 1 aromatic carbocycles. The van der Waals surface area contributed by atoms with Crippen molar-refractivity contribution in [2.45, 2.75) is 64.9 Å². The minimum Gasteiger partial charge on any atom is -0.388 e. The number of hydrogen-bond acceptors (Lipinski definition) is 4. The molecule has 5 heteroatoms. The van der Waals surface area contributed by atoms with Gasteiger partial charge >= 0.3 is 0 Å². The molecule has 0 aliphatic carbocycles. The molecule has 152 valence electrons. The maximum absolute atomic E-state index is 12.1. The van der Waals surface area contributed by atoms with Crippen molar-refractivity contribution in [3.05, 3.63) is 51.7 Å². The number of amides is 1.